The zero-order chi connectivity index (χ0) is 56.5. The predicted octanol–water partition coefficient (Wildman–Crippen LogP) is 17.1. The number of aliphatic hydroxyl groups is 5. The summed E-state index contributed by atoms with van der Waals surface area (Å²) in [6, 6.07) is -0.835. The lowest BCUT2D eigenvalue weighted by Gasteiger charge is -2.40. The number of carbonyl (C=O) groups excluding carboxylic acids is 1. The maximum Gasteiger partial charge on any atom is 0.220 e. The van der Waals surface area contributed by atoms with Crippen LogP contribution in [0, 0.1) is 0 Å². The topological polar surface area (TPSA) is 149 Å². The summed E-state index contributed by atoms with van der Waals surface area (Å²) in [5, 5.41) is 54.6. The lowest BCUT2D eigenvalue weighted by atomic mass is 9.99. The molecule has 1 aliphatic rings. The highest BCUT2D eigenvalue weighted by molar-refractivity contribution is 5.76. The second-order valence-electron chi connectivity index (χ2n) is 22.2. The van der Waals surface area contributed by atoms with E-state index in [-0.39, 0.29) is 12.5 Å². The van der Waals surface area contributed by atoms with E-state index in [0.29, 0.717) is 6.42 Å². The van der Waals surface area contributed by atoms with Crippen LogP contribution in [0.15, 0.2) is 97.2 Å². The zero-order valence-electron chi connectivity index (χ0n) is 50.1. The third-order valence-corrected chi connectivity index (χ3v) is 14.9. The number of aliphatic hydroxyl groups excluding tert-OH is 5. The minimum Gasteiger partial charge on any atom is -0.394 e. The van der Waals surface area contributed by atoms with Gasteiger partial charge in [-0.1, -0.05) is 278 Å². The second kappa shape index (κ2) is 57.3. The maximum atomic E-state index is 13.1. The van der Waals surface area contributed by atoms with Crippen molar-refractivity contribution in [3.63, 3.8) is 0 Å². The van der Waals surface area contributed by atoms with Crippen LogP contribution in [-0.2, 0) is 14.3 Å². The van der Waals surface area contributed by atoms with Gasteiger partial charge in [-0.25, -0.2) is 0 Å². The largest absolute Gasteiger partial charge is 0.394 e. The van der Waals surface area contributed by atoms with Crippen LogP contribution in [0.3, 0.4) is 0 Å². The van der Waals surface area contributed by atoms with E-state index < -0.39 is 49.5 Å². The quantitative estimate of drug-likeness (QED) is 0.0261. The summed E-state index contributed by atoms with van der Waals surface area (Å²) in [4.78, 5) is 13.1. The molecule has 1 aliphatic heterocycles. The Balaban J connectivity index is 2.20. The Hall–Kier alpha value is -2.89. The van der Waals surface area contributed by atoms with Crippen LogP contribution >= 0.6 is 0 Å². The first kappa shape index (κ1) is 73.1. The van der Waals surface area contributed by atoms with Crippen molar-refractivity contribution in [2.75, 3.05) is 13.2 Å². The van der Waals surface area contributed by atoms with Crippen LogP contribution in [-0.4, -0.2) is 87.5 Å². The second-order valence-corrected chi connectivity index (χ2v) is 22.2. The number of rotatable bonds is 55. The van der Waals surface area contributed by atoms with Crippen LogP contribution in [0.1, 0.15) is 277 Å². The average Bonchev–Trinajstić information content (AvgIpc) is 3.45. The van der Waals surface area contributed by atoms with Gasteiger partial charge in [-0.2, -0.15) is 0 Å². The first-order chi connectivity index (χ1) is 38.3. The normalized spacial score (nSPS) is 19.3. The van der Waals surface area contributed by atoms with Crippen LogP contribution in [0.2, 0.25) is 0 Å². The minimum absolute atomic E-state index is 0.192. The molecule has 1 amide bonds. The Morgan fingerprint density at radius 3 is 1.23 bits per heavy atom. The molecule has 9 heteroatoms. The van der Waals surface area contributed by atoms with Gasteiger partial charge in [-0.05, 0) is 89.9 Å². The molecule has 0 bridgehead atoms. The molecule has 7 unspecified atom stereocenters. The summed E-state index contributed by atoms with van der Waals surface area (Å²) in [5.74, 6) is -0.192. The fraction of sp³-hybridized carbons (Fsp3) is 0.754. The van der Waals surface area contributed by atoms with Gasteiger partial charge in [-0.3, -0.25) is 4.79 Å². The van der Waals surface area contributed by atoms with Crippen LogP contribution < -0.4 is 5.32 Å². The van der Waals surface area contributed by atoms with Crippen molar-refractivity contribution in [1.82, 2.24) is 5.32 Å². The molecule has 1 heterocycles. The summed E-state index contributed by atoms with van der Waals surface area (Å²) >= 11 is 0. The number of amides is 1. The van der Waals surface area contributed by atoms with Crippen molar-refractivity contribution in [2.45, 2.75) is 320 Å². The van der Waals surface area contributed by atoms with E-state index in [4.69, 9.17) is 9.47 Å². The molecule has 6 N–H and O–H groups in total. The molecule has 1 fully saturated rings. The molecule has 0 aliphatic carbocycles. The Bertz CT molecular complexity index is 1550. The van der Waals surface area contributed by atoms with Gasteiger partial charge in [0.15, 0.2) is 6.29 Å². The third kappa shape index (κ3) is 45.8. The Kier molecular flexibility index (Phi) is 53.8. The average molecular weight is 1090 g/mol. The van der Waals surface area contributed by atoms with E-state index in [2.05, 4.69) is 104 Å². The molecule has 1 saturated heterocycles. The van der Waals surface area contributed by atoms with E-state index >= 15 is 0 Å². The maximum absolute atomic E-state index is 13.1. The summed E-state index contributed by atoms with van der Waals surface area (Å²) < 4.78 is 11.3. The number of hydrogen-bond donors (Lipinski definition) is 6. The monoisotopic (exact) mass is 1090 g/mol. The van der Waals surface area contributed by atoms with Crippen molar-refractivity contribution in [3.8, 4) is 0 Å². The van der Waals surface area contributed by atoms with Gasteiger partial charge in [0, 0.05) is 6.42 Å². The van der Waals surface area contributed by atoms with Gasteiger partial charge in [0.25, 0.3) is 0 Å². The number of carbonyl (C=O) groups is 1. The van der Waals surface area contributed by atoms with Crippen molar-refractivity contribution in [1.29, 1.82) is 0 Å². The number of nitrogens with one attached hydrogen (secondary N) is 1. The standard InChI is InChI=1S/C69H121NO8/c1-3-5-7-9-11-13-15-17-19-21-23-25-27-29-30-31-32-33-34-35-37-39-41-43-45-47-49-51-53-55-57-59-65(73)70-62(61-77-69-68(76)67(75)66(74)64(60-71)78-69)63(72)58-56-54-52-50-48-46-44-42-40-38-36-28-26-24-22-20-18-16-14-12-10-8-6-4-2/h5,7,11,13,17,19,23,25,29-30,40,42,48,50,56,58,62-64,66-69,71-72,74-76H,3-4,6,8-10,12,14-16,18,20-22,24,26-28,31-39,41,43-47,49,51-55,57,59-61H2,1-2H3,(H,70,73)/b7-5-,13-11-,19-17-,25-23-,30-29-,42-40+,50-48+,58-56+. The lowest BCUT2D eigenvalue weighted by Crippen LogP contribution is -2.60. The number of hydrogen-bond acceptors (Lipinski definition) is 8. The highest BCUT2D eigenvalue weighted by Crippen LogP contribution is 2.23. The smallest absolute Gasteiger partial charge is 0.220 e. The number of unbranched alkanes of at least 4 members (excludes halogenated alkanes) is 31. The highest BCUT2D eigenvalue weighted by atomic mass is 16.7. The Labute approximate surface area is 479 Å². The molecule has 0 saturated carbocycles. The van der Waals surface area contributed by atoms with E-state index in [0.717, 1.165) is 77.0 Å². The highest BCUT2D eigenvalue weighted by Gasteiger charge is 2.44. The number of allylic oxidation sites excluding steroid dienone is 15. The van der Waals surface area contributed by atoms with E-state index in [1.165, 1.54) is 180 Å². The van der Waals surface area contributed by atoms with Crippen LogP contribution in [0.5, 0.6) is 0 Å². The Morgan fingerprint density at radius 2 is 0.808 bits per heavy atom. The predicted molar refractivity (Wildman–Crippen MR) is 331 cm³/mol. The van der Waals surface area contributed by atoms with E-state index in [1.54, 1.807) is 6.08 Å². The van der Waals surface area contributed by atoms with Crippen LogP contribution in [0.4, 0.5) is 0 Å². The molecule has 0 aromatic rings. The van der Waals surface area contributed by atoms with Gasteiger partial charge in [-0.15, -0.1) is 0 Å². The van der Waals surface area contributed by atoms with Gasteiger partial charge in [0.2, 0.25) is 5.91 Å². The molecule has 450 valence electrons. The van der Waals surface area contributed by atoms with Crippen molar-refractivity contribution < 1.29 is 39.8 Å². The fourth-order valence-electron chi connectivity index (χ4n) is 9.81. The first-order valence-corrected chi connectivity index (χ1v) is 32.5. The van der Waals surface area contributed by atoms with Gasteiger partial charge >= 0.3 is 0 Å². The molecule has 0 aromatic heterocycles. The molecular formula is C69H121NO8. The van der Waals surface area contributed by atoms with Crippen molar-refractivity contribution >= 4 is 5.91 Å². The van der Waals surface area contributed by atoms with Crippen LogP contribution in [0.25, 0.3) is 0 Å². The molecule has 0 spiro atoms. The Morgan fingerprint density at radius 1 is 0.449 bits per heavy atom. The summed E-state index contributed by atoms with van der Waals surface area (Å²) in [6.45, 7) is 3.66. The molecular weight excluding hydrogens is 971 g/mol. The van der Waals surface area contributed by atoms with Gasteiger partial charge < -0.3 is 40.3 Å². The third-order valence-electron chi connectivity index (χ3n) is 14.9. The van der Waals surface area contributed by atoms with Gasteiger partial charge in [0.1, 0.15) is 24.4 Å². The molecule has 7 atom stereocenters. The molecule has 1 rings (SSSR count). The van der Waals surface area contributed by atoms with Gasteiger partial charge in [0.05, 0.1) is 25.4 Å². The summed E-state index contributed by atoms with van der Waals surface area (Å²) in [7, 11) is 0. The molecule has 0 radical (unpaired) electrons. The van der Waals surface area contributed by atoms with E-state index in [1.807, 2.05) is 6.08 Å². The minimum atomic E-state index is -1.58. The van der Waals surface area contributed by atoms with Crippen molar-refractivity contribution in [3.05, 3.63) is 97.2 Å². The van der Waals surface area contributed by atoms with E-state index in [9.17, 15) is 30.3 Å². The zero-order valence-corrected chi connectivity index (χ0v) is 50.1. The number of ether oxygens (including phenoxy) is 2. The molecule has 9 nitrogen and oxygen atoms in total. The SMILES string of the molecule is CC/C=C\C/C=C\C/C=C\C/C=C\C/C=C\CCCCCCCCCCCCCCCCCC(=O)NC(COC1OC(CO)C(O)C(O)C1O)C(O)/C=C/CC/C=C/CC/C=C/CCCCCCCCCCCCCCCC. The van der Waals surface area contributed by atoms with Crippen molar-refractivity contribution in [2.24, 2.45) is 0 Å². The first-order valence-electron chi connectivity index (χ1n) is 32.5. The summed E-state index contributed by atoms with van der Waals surface area (Å²) in [6.07, 6.45) is 76.3. The molecule has 78 heavy (non-hydrogen) atoms. The molecule has 0 aromatic carbocycles. The fourth-order valence-corrected chi connectivity index (χ4v) is 9.81. The summed E-state index contributed by atoms with van der Waals surface area (Å²) in [5.41, 5.74) is 0. The lowest BCUT2D eigenvalue weighted by molar-refractivity contribution is -0.302.